The van der Waals surface area contributed by atoms with Gasteiger partial charge in [0.1, 0.15) is 23.4 Å². The van der Waals surface area contributed by atoms with Gasteiger partial charge in [-0.3, -0.25) is 10.1 Å². The van der Waals surface area contributed by atoms with Crippen molar-refractivity contribution in [3.63, 3.8) is 0 Å². The molecule has 8 heteroatoms. The summed E-state index contributed by atoms with van der Waals surface area (Å²) in [4.78, 5) is 11.3. The lowest BCUT2D eigenvalue weighted by atomic mass is 10.1. The van der Waals surface area contributed by atoms with Gasteiger partial charge in [0.25, 0.3) is 0 Å². The molecule has 162 valence electrons. The van der Waals surface area contributed by atoms with Crippen molar-refractivity contribution in [2.24, 2.45) is 4.99 Å². The zero-order chi connectivity index (χ0) is 21.5. The van der Waals surface area contributed by atoms with E-state index in [0.717, 1.165) is 54.8 Å². The zero-order valence-corrected chi connectivity index (χ0v) is 17.9. The third kappa shape index (κ3) is 5.33. The van der Waals surface area contributed by atoms with E-state index in [4.69, 9.17) is 9.47 Å². The van der Waals surface area contributed by atoms with Gasteiger partial charge in [-0.2, -0.15) is 5.10 Å². The van der Waals surface area contributed by atoms with Crippen LogP contribution in [0.1, 0.15) is 18.7 Å². The van der Waals surface area contributed by atoms with Crippen molar-refractivity contribution in [3.05, 3.63) is 60.4 Å². The number of nitrogens with one attached hydrogen (secondary N) is 2. The molecular weight excluding hydrogens is 392 g/mol. The molecule has 2 aromatic carbocycles. The number of piperidine rings is 1. The number of benzene rings is 2. The van der Waals surface area contributed by atoms with E-state index in [2.05, 4.69) is 30.4 Å². The van der Waals surface area contributed by atoms with Crippen LogP contribution in [0, 0.1) is 0 Å². The van der Waals surface area contributed by atoms with Crippen molar-refractivity contribution in [1.82, 2.24) is 25.4 Å². The number of aliphatic imine (C=N–C) groups is 1. The first-order valence-electron chi connectivity index (χ1n) is 10.5. The van der Waals surface area contributed by atoms with Crippen LogP contribution in [-0.4, -0.2) is 59.4 Å². The van der Waals surface area contributed by atoms with Gasteiger partial charge in [0.15, 0.2) is 11.8 Å². The number of aromatic nitrogens is 3. The van der Waals surface area contributed by atoms with Gasteiger partial charge in [0.2, 0.25) is 0 Å². The van der Waals surface area contributed by atoms with Crippen molar-refractivity contribution >= 4 is 5.96 Å². The van der Waals surface area contributed by atoms with E-state index < -0.39 is 0 Å². The highest BCUT2D eigenvalue weighted by Crippen LogP contribution is 2.20. The lowest BCUT2D eigenvalue weighted by Crippen LogP contribution is -2.47. The maximum atomic E-state index is 6.09. The molecule has 3 aromatic rings. The number of hydrogen-bond acceptors (Lipinski definition) is 5. The maximum absolute atomic E-state index is 6.09. The van der Waals surface area contributed by atoms with Gasteiger partial charge in [-0.15, -0.1) is 0 Å². The first-order valence-corrected chi connectivity index (χ1v) is 10.5. The fourth-order valence-corrected chi connectivity index (χ4v) is 3.62. The molecule has 0 bridgehead atoms. The molecule has 0 saturated carbocycles. The predicted molar refractivity (Wildman–Crippen MR) is 120 cm³/mol. The quantitative estimate of drug-likeness (QED) is 0.471. The second-order valence-electron chi connectivity index (χ2n) is 7.35. The first-order chi connectivity index (χ1) is 15.2. The van der Waals surface area contributed by atoms with Crippen molar-refractivity contribution in [3.8, 4) is 22.9 Å². The standard InChI is InChI=1S/C23H28N6O2/c1-24-23(29-14-12-20(13-15-29)31-19-6-4-3-5-7-19)25-16-21-26-22(28-27-21)17-8-10-18(30-2)11-9-17/h3-11,20H,12-16H2,1-2H3,(H,24,25)(H,26,27,28). The van der Waals surface area contributed by atoms with Crippen LogP contribution in [0.4, 0.5) is 0 Å². The summed E-state index contributed by atoms with van der Waals surface area (Å²) in [6, 6.07) is 17.7. The summed E-state index contributed by atoms with van der Waals surface area (Å²) in [7, 11) is 3.45. The molecule has 0 spiro atoms. The fraction of sp³-hybridized carbons (Fsp3) is 0.348. The summed E-state index contributed by atoms with van der Waals surface area (Å²) in [5, 5.41) is 10.7. The number of methoxy groups -OCH3 is 1. The Bertz CT molecular complexity index is 979. The summed E-state index contributed by atoms with van der Waals surface area (Å²) in [6.45, 7) is 2.31. The molecule has 31 heavy (non-hydrogen) atoms. The van der Waals surface area contributed by atoms with Crippen LogP contribution in [0.5, 0.6) is 11.5 Å². The molecule has 0 atom stereocenters. The molecule has 0 aliphatic carbocycles. The van der Waals surface area contributed by atoms with Crippen LogP contribution >= 0.6 is 0 Å². The smallest absolute Gasteiger partial charge is 0.194 e. The zero-order valence-electron chi connectivity index (χ0n) is 17.9. The van der Waals surface area contributed by atoms with Crippen LogP contribution in [0.2, 0.25) is 0 Å². The van der Waals surface area contributed by atoms with Crippen LogP contribution in [0.15, 0.2) is 59.6 Å². The van der Waals surface area contributed by atoms with Gasteiger partial charge in [-0.1, -0.05) is 18.2 Å². The van der Waals surface area contributed by atoms with E-state index in [0.29, 0.717) is 12.4 Å². The Hall–Kier alpha value is -3.55. The van der Waals surface area contributed by atoms with Gasteiger partial charge in [-0.05, 0) is 36.4 Å². The number of aromatic amines is 1. The summed E-state index contributed by atoms with van der Waals surface area (Å²) < 4.78 is 11.3. The number of para-hydroxylation sites is 1. The van der Waals surface area contributed by atoms with Gasteiger partial charge >= 0.3 is 0 Å². The lowest BCUT2D eigenvalue weighted by Gasteiger charge is -2.34. The maximum Gasteiger partial charge on any atom is 0.194 e. The van der Waals surface area contributed by atoms with Crippen molar-refractivity contribution in [2.45, 2.75) is 25.5 Å². The molecule has 2 N–H and O–H groups in total. The summed E-state index contributed by atoms with van der Waals surface area (Å²) in [5.41, 5.74) is 0.938. The third-order valence-electron chi connectivity index (χ3n) is 5.29. The third-order valence-corrected chi connectivity index (χ3v) is 5.29. The Kier molecular flexibility index (Phi) is 6.66. The number of guanidine groups is 1. The summed E-state index contributed by atoms with van der Waals surface area (Å²) in [6.07, 6.45) is 2.15. The monoisotopic (exact) mass is 420 g/mol. The molecule has 1 aromatic heterocycles. The van der Waals surface area contributed by atoms with Crippen LogP contribution in [0.25, 0.3) is 11.4 Å². The molecule has 1 aliphatic heterocycles. The number of hydrogen-bond donors (Lipinski definition) is 2. The Morgan fingerprint density at radius 3 is 2.52 bits per heavy atom. The molecule has 0 unspecified atom stereocenters. The number of nitrogens with zero attached hydrogens (tertiary/aromatic N) is 4. The van der Waals surface area contributed by atoms with E-state index in [1.165, 1.54) is 0 Å². The summed E-state index contributed by atoms with van der Waals surface area (Å²) >= 11 is 0. The Morgan fingerprint density at radius 2 is 1.84 bits per heavy atom. The average Bonchev–Trinajstić information content (AvgIpc) is 3.30. The van der Waals surface area contributed by atoms with E-state index in [1.807, 2.05) is 54.6 Å². The average molecular weight is 421 g/mol. The first kappa shape index (κ1) is 20.7. The van der Waals surface area contributed by atoms with E-state index in [1.54, 1.807) is 14.2 Å². The van der Waals surface area contributed by atoms with Crippen molar-refractivity contribution < 1.29 is 9.47 Å². The minimum Gasteiger partial charge on any atom is -0.497 e. The molecule has 8 nitrogen and oxygen atoms in total. The molecule has 0 amide bonds. The molecular formula is C23H28N6O2. The van der Waals surface area contributed by atoms with Crippen LogP contribution < -0.4 is 14.8 Å². The van der Waals surface area contributed by atoms with Gasteiger partial charge < -0.3 is 19.7 Å². The fourth-order valence-electron chi connectivity index (χ4n) is 3.62. The molecule has 1 aliphatic rings. The summed E-state index contributed by atoms with van der Waals surface area (Å²) in [5.74, 6) is 4.02. The minimum atomic E-state index is 0.234. The normalized spacial score (nSPS) is 15.0. The van der Waals surface area contributed by atoms with Crippen LogP contribution in [0.3, 0.4) is 0 Å². The number of rotatable bonds is 6. The second kappa shape index (κ2) is 9.97. The lowest BCUT2D eigenvalue weighted by molar-refractivity contribution is 0.129. The highest BCUT2D eigenvalue weighted by atomic mass is 16.5. The topological polar surface area (TPSA) is 87.7 Å². The number of likely N-dealkylation sites (tertiary alicyclic amines) is 1. The van der Waals surface area contributed by atoms with E-state index in [-0.39, 0.29) is 6.10 Å². The largest absolute Gasteiger partial charge is 0.497 e. The molecule has 2 heterocycles. The molecule has 1 fully saturated rings. The van der Waals surface area contributed by atoms with Gasteiger partial charge in [0, 0.05) is 38.5 Å². The Labute approximate surface area is 182 Å². The minimum absolute atomic E-state index is 0.234. The highest BCUT2D eigenvalue weighted by Gasteiger charge is 2.22. The Balaban J connectivity index is 1.28. The SMILES string of the molecule is CN=C(NCc1nc(-c2ccc(OC)cc2)n[nH]1)N1CCC(Oc2ccccc2)CC1. The second-order valence-corrected chi connectivity index (χ2v) is 7.35. The molecule has 1 saturated heterocycles. The molecule has 0 radical (unpaired) electrons. The Morgan fingerprint density at radius 1 is 1.10 bits per heavy atom. The number of ether oxygens (including phenoxy) is 2. The van der Waals surface area contributed by atoms with Gasteiger partial charge in [0.05, 0.1) is 13.7 Å². The van der Waals surface area contributed by atoms with E-state index in [9.17, 15) is 0 Å². The number of H-pyrrole nitrogens is 1. The van der Waals surface area contributed by atoms with Crippen molar-refractivity contribution in [2.75, 3.05) is 27.2 Å². The molecule has 4 rings (SSSR count). The van der Waals surface area contributed by atoms with Crippen molar-refractivity contribution in [1.29, 1.82) is 0 Å². The predicted octanol–water partition coefficient (Wildman–Crippen LogP) is 3.10. The van der Waals surface area contributed by atoms with Gasteiger partial charge in [-0.25, -0.2) is 4.98 Å². The van der Waals surface area contributed by atoms with E-state index >= 15 is 0 Å². The van der Waals surface area contributed by atoms with Crippen LogP contribution in [-0.2, 0) is 6.54 Å². The highest BCUT2D eigenvalue weighted by molar-refractivity contribution is 5.79.